The summed E-state index contributed by atoms with van der Waals surface area (Å²) in [7, 11) is -3.37. The van der Waals surface area contributed by atoms with Gasteiger partial charge in [-0.3, -0.25) is 0 Å². The molecule has 0 saturated carbocycles. The maximum atomic E-state index is 12.9. The van der Waals surface area contributed by atoms with Gasteiger partial charge in [-0.1, -0.05) is 29.8 Å². The summed E-state index contributed by atoms with van der Waals surface area (Å²) >= 11 is 0. The van der Waals surface area contributed by atoms with E-state index in [2.05, 4.69) is 25.2 Å². The van der Waals surface area contributed by atoms with Gasteiger partial charge in [0.1, 0.15) is 23.3 Å². The van der Waals surface area contributed by atoms with Crippen LogP contribution in [0.4, 0.5) is 17.5 Å². The van der Waals surface area contributed by atoms with E-state index in [4.69, 9.17) is 0 Å². The summed E-state index contributed by atoms with van der Waals surface area (Å²) in [5, 5.41) is 3.23. The van der Waals surface area contributed by atoms with E-state index in [9.17, 15) is 8.42 Å². The number of piperazine rings is 1. The SMILES string of the molecule is Cc1cccc(CS(=O)(=O)N2CCN(c3cc(Nc4cc(C)ccn4)nc(C)n3)CC2)c1. The van der Waals surface area contributed by atoms with Crippen molar-refractivity contribution < 1.29 is 8.42 Å². The molecule has 3 aromatic rings. The van der Waals surface area contributed by atoms with Crippen LogP contribution in [0.3, 0.4) is 0 Å². The predicted molar refractivity (Wildman–Crippen MR) is 127 cm³/mol. The number of benzene rings is 1. The van der Waals surface area contributed by atoms with E-state index >= 15 is 0 Å². The molecule has 0 bridgehead atoms. The Morgan fingerprint density at radius 3 is 2.38 bits per heavy atom. The summed E-state index contributed by atoms with van der Waals surface area (Å²) in [5.41, 5.74) is 2.99. The molecule has 1 aliphatic heterocycles. The van der Waals surface area contributed by atoms with Crippen molar-refractivity contribution in [2.24, 2.45) is 0 Å². The third kappa shape index (κ3) is 5.41. The Kier molecular flexibility index (Phi) is 6.38. The Bertz CT molecular complexity index is 1210. The van der Waals surface area contributed by atoms with E-state index in [-0.39, 0.29) is 5.75 Å². The van der Waals surface area contributed by atoms with Gasteiger partial charge in [-0.2, -0.15) is 4.31 Å². The molecular formula is C23H28N6O2S. The minimum Gasteiger partial charge on any atom is -0.354 e. The average molecular weight is 453 g/mol. The minimum absolute atomic E-state index is 0.0266. The topological polar surface area (TPSA) is 91.3 Å². The van der Waals surface area contributed by atoms with Gasteiger partial charge in [0.15, 0.2) is 0 Å². The zero-order chi connectivity index (χ0) is 22.7. The smallest absolute Gasteiger partial charge is 0.218 e. The summed E-state index contributed by atoms with van der Waals surface area (Å²) in [5.74, 6) is 2.84. The van der Waals surface area contributed by atoms with Crippen LogP contribution in [0.5, 0.6) is 0 Å². The van der Waals surface area contributed by atoms with Crippen molar-refractivity contribution in [3.63, 3.8) is 0 Å². The molecule has 168 valence electrons. The standard InChI is InChI=1S/C23H28N6O2S/c1-17-5-4-6-20(13-17)16-32(30,31)29-11-9-28(10-12-29)23-15-22(25-19(3)26-23)27-21-14-18(2)7-8-24-21/h4-8,13-15H,9-12,16H2,1-3H3,(H,24,25,26,27). The van der Waals surface area contributed by atoms with Crippen molar-refractivity contribution in [3.05, 3.63) is 71.2 Å². The second-order valence-corrected chi connectivity index (χ2v) is 10.1. The van der Waals surface area contributed by atoms with Crippen LogP contribution in [0, 0.1) is 20.8 Å². The zero-order valence-corrected chi connectivity index (χ0v) is 19.4. The van der Waals surface area contributed by atoms with Crippen LogP contribution in [-0.2, 0) is 15.8 Å². The molecular weight excluding hydrogens is 424 g/mol. The Hall–Kier alpha value is -3.04. The highest BCUT2D eigenvalue weighted by atomic mass is 32.2. The fourth-order valence-electron chi connectivity index (χ4n) is 3.81. The molecule has 1 saturated heterocycles. The molecule has 9 heteroatoms. The summed E-state index contributed by atoms with van der Waals surface area (Å²) in [6, 6.07) is 13.4. The number of nitrogens with one attached hydrogen (secondary N) is 1. The first-order valence-corrected chi connectivity index (χ1v) is 12.2. The number of anilines is 3. The zero-order valence-electron chi connectivity index (χ0n) is 18.6. The summed E-state index contributed by atoms with van der Waals surface area (Å²) in [4.78, 5) is 15.5. The lowest BCUT2D eigenvalue weighted by Crippen LogP contribution is -2.49. The molecule has 2 aromatic heterocycles. The first kappa shape index (κ1) is 22.2. The van der Waals surface area contributed by atoms with E-state index in [1.807, 2.05) is 63.2 Å². The van der Waals surface area contributed by atoms with Crippen molar-refractivity contribution in [2.45, 2.75) is 26.5 Å². The third-order valence-electron chi connectivity index (χ3n) is 5.38. The number of nitrogens with zero attached hydrogens (tertiary/aromatic N) is 5. The van der Waals surface area contributed by atoms with Crippen molar-refractivity contribution in [1.82, 2.24) is 19.3 Å². The lowest BCUT2D eigenvalue weighted by molar-refractivity contribution is 0.383. The molecule has 0 spiro atoms. The van der Waals surface area contributed by atoms with E-state index in [1.54, 1.807) is 10.5 Å². The number of hydrogen-bond acceptors (Lipinski definition) is 7. The van der Waals surface area contributed by atoms with Crippen LogP contribution in [0.1, 0.15) is 22.5 Å². The van der Waals surface area contributed by atoms with E-state index in [0.717, 1.165) is 28.3 Å². The van der Waals surface area contributed by atoms with Gasteiger partial charge in [0.05, 0.1) is 5.75 Å². The van der Waals surface area contributed by atoms with Gasteiger partial charge >= 0.3 is 0 Å². The lowest BCUT2D eigenvalue weighted by atomic mass is 10.2. The molecule has 4 rings (SSSR count). The summed E-state index contributed by atoms with van der Waals surface area (Å²) in [6.07, 6.45) is 1.75. The normalized spacial score (nSPS) is 15.0. The number of sulfonamides is 1. The van der Waals surface area contributed by atoms with Crippen LogP contribution >= 0.6 is 0 Å². The second kappa shape index (κ2) is 9.22. The van der Waals surface area contributed by atoms with Gasteiger partial charge in [-0.15, -0.1) is 0 Å². The molecule has 1 N–H and O–H groups in total. The third-order valence-corrected chi connectivity index (χ3v) is 7.23. The second-order valence-electron chi connectivity index (χ2n) is 8.13. The summed E-state index contributed by atoms with van der Waals surface area (Å²) in [6.45, 7) is 7.84. The molecule has 1 aromatic carbocycles. The van der Waals surface area contributed by atoms with E-state index < -0.39 is 10.0 Å². The fraction of sp³-hybridized carbons (Fsp3) is 0.348. The molecule has 0 radical (unpaired) electrons. The minimum atomic E-state index is -3.37. The first-order valence-electron chi connectivity index (χ1n) is 10.6. The van der Waals surface area contributed by atoms with Crippen LogP contribution < -0.4 is 10.2 Å². The molecule has 0 atom stereocenters. The van der Waals surface area contributed by atoms with Gasteiger partial charge in [-0.25, -0.2) is 23.4 Å². The van der Waals surface area contributed by atoms with Crippen LogP contribution in [0.2, 0.25) is 0 Å². The van der Waals surface area contributed by atoms with Gasteiger partial charge in [0, 0.05) is 38.4 Å². The quantitative estimate of drug-likeness (QED) is 0.614. The monoisotopic (exact) mass is 452 g/mol. The average Bonchev–Trinajstić information content (AvgIpc) is 2.73. The number of pyridine rings is 1. The lowest BCUT2D eigenvalue weighted by Gasteiger charge is -2.34. The molecule has 8 nitrogen and oxygen atoms in total. The highest BCUT2D eigenvalue weighted by Crippen LogP contribution is 2.22. The van der Waals surface area contributed by atoms with Crippen molar-refractivity contribution >= 4 is 27.5 Å². The summed E-state index contributed by atoms with van der Waals surface area (Å²) < 4.78 is 27.4. The maximum absolute atomic E-state index is 12.9. The van der Waals surface area contributed by atoms with Crippen molar-refractivity contribution in [2.75, 3.05) is 36.4 Å². The Balaban J connectivity index is 1.43. The Morgan fingerprint density at radius 2 is 1.66 bits per heavy atom. The van der Waals surface area contributed by atoms with Crippen LogP contribution in [0.15, 0.2) is 48.7 Å². The Labute approximate surface area is 189 Å². The van der Waals surface area contributed by atoms with Crippen LogP contribution in [0.25, 0.3) is 0 Å². The molecule has 32 heavy (non-hydrogen) atoms. The number of aryl methyl sites for hydroxylation is 3. The Morgan fingerprint density at radius 1 is 0.906 bits per heavy atom. The first-order chi connectivity index (χ1) is 15.3. The number of aromatic nitrogens is 3. The van der Waals surface area contributed by atoms with Crippen molar-refractivity contribution in [3.8, 4) is 0 Å². The molecule has 3 heterocycles. The molecule has 1 aliphatic rings. The fourth-order valence-corrected chi connectivity index (χ4v) is 5.32. The maximum Gasteiger partial charge on any atom is 0.218 e. The van der Waals surface area contributed by atoms with E-state index in [1.165, 1.54) is 0 Å². The molecule has 0 aliphatic carbocycles. The number of hydrogen-bond donors (Lipinski definition) is 1. The van der Waals surface area contributed by atoms with E-state index in [0.29, 0.717) is 37.8 Å². The molecule has 1 fully saturated rings. The van der Waals surface area contributed by atoms with Crippen molar-refractivity contribution in [1.29, 1.82) is 0 Å². The van der Waals surface area contributed by atoms with Gasteiger partial charge in [0.25, 0.3) is 0 Å². The largest absolute Gasteiger partial charge is 0.354 e. The van der Waals surface area contributed by atoms with Gasteiger partial charge in [-0.05, 0) is 44.0 Å². The van der Waals surface area contributed by atoms with Gasteiger partial charge in [0.2, 0.25) is 10.0 Å². The highest BCUT2D eigenvalue weighted by Gasteiger charge is 2.28. The number of rotatable bonds is 6. The van der Waals surface area contributed by atoms with Crippen LogP contribution in [-0.4, -0.2) is 53.9 Å². The van der Waals surface area contributed by atoms with Gasteiger partial charge < -0.3 is 10.2 Å². The molecule has 0 unspecified atom stereocenters. The predicted octanol–water partition coefficient (Wildman–Crippen LogP) is 3.19. The highest BCUT2D eigenvalue weighted by molar-refractivity contribution is 7.88. The molecule has 0 amide bonds.